The summed E-state index contributed by atoms with van der Waals surface area (Å²) < 4.78 is 5.07. The first-order chi connectivity index (χ1) is 8.16. The van der Waals surface area contributed by atoms with Crippen LogP contribution >= 0.6 is 15.9 Å². The highest BCUT2D eigenvalue weighted by molar-refractivity contribution is 9.10. The molecule has 0 atom stereocenters. The maximum absolute atomic E-state index is 10.8. The third kappa shape index (κ3) is 2.75. The molecule has 8 nitrogen and oxygen atoms in total. The van der Waals surface area contributed by atoms with E-state index in [1.165, 1.54) is 18.7 Å². The fourth-order valence-electron chi connectivity index (χ4n) is 1.14. The first-order valence-electron chi connectivity index (χ1n) is 4.46. The molecule has 0 aliphatic rings. The van der Waals surface area contributed by atoms with E-state index in [2.05, 4.69) is 40.9 Å². The molecule has 0 bridgehead atoms. The normalized spacial score (nSPS) is 10.2. The van der Waals surface area contributed by atoms with Crippen LogP contribution in [0.15, 0.2) is 27.7 Å². The SMILES string of the molecule is O=[N+]([O-])c1cc(Br)cnc1NCc1ncon1. The lowest BCUT2D eigenvalue weighted by Crippen LogP contribution is -2.05. The largest absolute Gasteiger partial charge is 0.357 e. The fraction of sp³-hybridized carbons (Fsp3) is 0.125. The van der Waals surface area contributed by atoms with Crippen molar-refractivity contribution in [2.24, 2.45) is 0 Å². The van der Waals surface area contributed by atoms with Gasteiger partial charge in [-0.2, -0.15) is 4.98 Å². The first-order valence-corrected chi connectivity index (χ1v) is 5.25. The highest BCUT2D eigenvalue weighted by Crippen LogP contribution is 2.25. The lowest BCUT2D eigenvalue weighted by atomic mass is 10.4. The molecule has 2 aromatic rings. The van der Waals surface area contributed by atoms with Crippen molar-refractivity contribution in [3.8, 4) is 0 Å². The van der Waals surface area contributed by atoms with Crippen LogP contribution in [0.25, 0.3) is 0 Å². The van der Waals surface area contributed by atoms with Gasteiger partial charge in [-0.05, 0) is 15.9 Å². The van der Waals surface area contributed by atoms with E-state index in [4.69, 9.17) is 0 Å². The minimum Gasteiger partial charge on any atom is -0.357 e. The maximum Gasteiger partial charge on any atom is 0.312 e. The van der Waals surface area contributed by atoms with Crippen LogP contribution in [-0.2, 0) is 6.54 Å². The number of nitrogens with zero attached hydrogens (tertiary/aromatic N) is 4. The second kappa shape index (κ2) is 4.87. The van der Waals surface area contributed by atoms with Crippen LogP contribution in [0.1, 0.15) is 5.82 Å². The molecule has 0 saturated carbocycles. The predicted molar refractivity (Wildman–Crippen MR) is 60.2 cm³/mol. The number of hydrogen-bond donors (Lipinski definition) is 1. The van der Waals surface area contributed by atoms with Gasteiger partial charge in [0.25, 0.3) is 0 Å². The molecule has 2 rings (SSSR count). The summed E-state index contributed by atoms with van der Waals surface area (Å²) in [4.78, 5) is 18.0. The third-order valence-electron chi connectivity index (χ3n) is 1.85. The molecule has 0 amide bonds. The molecule has 0 fully saturated rings. The smallest absolute Gasteiger partial charge is 0.312 e. The number of aromatic nitrogens is 3. The van der Waals surface area contributed by atoms with Gasteiger partial charge < -0.3 is 9.84 Å². The van der Waals surface area contributed by atoms with Gasteiger partial charge in [0.15, 0.2) is 5.82 Å². The monoisotopic (exact) mass is 299 g/mol. The average Bonchev–Trinajstić information content (AvgIpc) is 2.80. The van der Waals surface area contributed by atoms with Gasteiger partial charge in [0.1, 0.15) is 0 Å². The van der Waals surface area contributed by atoms with Crippen molar-refractivity contribution in [1.29, 1.82) is 0 Å². The van der Waals surface area contributed by atoms with Gasteiger partial charge in [-0.25, -0.2) is 4.98 Å². The van der Waals surface area contributed by atoms with Gasteiger partial charge >= 0.3 is 5.69 Å². The van der Waals surface area contributed by atoms with Crippen LogP contribution in [0.3, 0.4) is 0 Å². The van der Waals surface area contributed by atoms with Crippen LogP contribution in [0.2, 0.25) is 0 Å². The van der Waals surface area contributed by atoms with Gasteiger partial charge in [-0.15, -0.1) is 0 Å². The average molecular weight is 300 g/mol. The number of nitrogens with one attached hydrogen (secondary N) is 1. The number of pyridine rings is 1. The summed E-state index contributed by atoms with van der Waals surface area (Å²) in [7, 11) is 0. The number of nitro groups is 1. The van der Waals surface area contributed by atoms with Crippen LogP contribution in [0.5, 0.6) is 0 Å². The molecule has 2 aromatic heterocycles. The number of halogens is 1. The maximum atomic E-state index is 10.8. The molecule has 0 spiro atoms. The summed E-state index contributed by atoms with van der Waals surface area (Å²) in [6, 6.07) is 1.37. The topological polar surface area (TPSA) is 107 Å². The van der Waals surface area contributed by atoms with Gasteiger partial charge in [0, 0.05) is 16.7 Å². The summed E-state index contributed by atoms with van der Waals surface area (Å²) >= 11 is 3.12. The van der Waals surface area contributed by atoms with Gasteiger partial charge in [0.2, 0.25) is 12.2 Å². The summed E-state index contributed by atoms with van der Waals surface area (Å²) in [6.07, 6.45) is 2.64. The lowest BCUT2D eigenvalue weighted by Gasteiger charge is -2.03. The van der Waals surface area contributed by atoms with E-state index in [0.29, 0.717) is 10.3 Å². The zero-order valence-corrected chi connectivity index (χ0v) is 9.92. The summed E-state index contributed by atoms with van der Waals surface area (Å²) in [5.74, 6) is 0.548. The Morgan fingerprint density at radius 3 is 3.00 bits per heavy atom. The molecular formula is C8H6BrN5O3. The third-order valence-corrected chi connectivity index (χ3v) is 2.29. The Labute approximate surface area is 103 Å². The molecule has 88 valence electrons. The van der Waals surface area contributed by atoms with Crippen LogP contribution in [0, 0.1) is 10.1 Å². The quantitative estimate of drug-likeness (QED) is 0.677. The van der Waals surface area contributed by atoms with Gasteiger partial charge in [0.05, 0.1) is 11.5 Å². The van der Waals surface area contributed by atoms with E-state index in [1.807, 2.05) is 0 Å². The number of anilines is 1. The second-order valence-electron chi connectivity index (χ2n) is 2.98. The minimum atomic E-state index is -0.518. The van der Waals surface area contributed by atoms with E-state index < -0.39 is 4.92 Å². The highest BCUT2D eigenvalue weighted by Gasteiger charge is 2.15. The first kappa shape index (κ1) is 11.5. The lowest BCUT2D eigenvalue weighted by molar-refractivity contribution is -0.384. The standard InChI is InChI=1S/C8H6BrN5O3/c9-5-1-6(14(15)16)8(10-2-5)11-3-7-12-4-17-13-7/h1-2,4H,3H2,(H,10,11). The summed E-state index contributed by atoms with van der Waals surface area (Å²) in [5, 5.41) is 17.1. The number of hydrogen-bond acceptors (Lipinski definition) is 7. The molecular weight excluding hydrogens is 294 g/mol. The molecule has 0 aliphatic heterocycles. The van der Waals surface area contributed by atoms with Crippen molar-refractivity contribution in [2.45, 2.75) is 6.54 Å². The van der Waals surface area contributed by atoms with Gasteiger partial charge in [-0.3, -0.25) is 10.1 Å². The van der Waals surface area contributed by atoms with Crippen molar-refractivity contribution in [1.82, 2.24) is 15.1 Å². The Morgan fingerprint density at radius 1 is 1.53 bits per heavy atom. The highest BCUT2D eigenvalue weighted by atomic mass is 79.9. The molecule has 0 radical (unpaired) electrons. The Bertz CT molecular complexity index is 530. The van der Waals surface area contributed by atoms with E-state index in [-0.39, 0.29) is 18.1 Å². The molecule has 17 heavy (non-hydrogen) atoms. The van der Waals surface area contributed by atoms with Crippen molar-refractivity contribution in [3.63, 3.8) is 0 Å². The molecule has 1 N–H and O–H groups in total. The van der Waals surface area contributed by atoms with Crippen molar-refractivity contribution < 1.29 is 9.45 Å². The molecule has 0 aromatic carbocycles. The van der Waals surface area contributed by atoms with Crippen molar-refractivity contribution in [2.75, 3.05) is 5.32 Å². The predicted octanol–water partition coefficient (Wildman–Crippen LogP) is 1.75. The summed E-state index contributed by atoms with van der Waals surface area (Å²) in [6.45, 7) is 0.200. The van der Waals surface area contributed by atoms with Crippen molar-refractivity contribution in [3.05, 3.63) is 39.1 Å². The van der Waals surface area contributed by atoms with Gasteiger partial charge in [-0.1, -0.05) is 5.16 Å². The summed E-state index contributed by atoms with van der Waals surface area (Å²) in [5.41, 5.74) is -0.122. The Hall–Kier alpha value is -2.03. The van der Waals surface area contributed by atoms with E-state index >= 15 is 0 Å². The minimum absolute atomic E-state index is 0.122. The molecule has 9 heteroatoms. The van der Waals surface area contributed by atoms with Crippen molar-refractivity contribution >= 4 is 27.4 Å². The molecule has 2 heterocycles. The zero-order chi connectivity index (χ0) is 12.3. The molecule has 0 aliphatic carbocycles. The molecule has 0 saturated heterocycles. The number of rotatable bonds is 4. The van der Waals surface area contributed by atoms with Crippen LogP contribution in [-0.4, -0.2) is 20.0 Å². The van der Waals surface area contributed by atoms with E-state index in [1.54, 1.807) is 0 Å². The fourth-order valence-corrected chi connectivity index (χ4v) is 1.46. The Kier molecular flexibility index (Phi) is 3.28. The van der Waals surface area contributed by atoms with Crippen LogP contribution in [0.4, 0.5) is 11.5 Å². The van der Waals surface area contributed by atoms with E-state index in [0.717, 1.165) is 0 Å². The zero-order valence-electron chi connectivity index (χ0n) is 8.33. The van der Waals surface area contributed by atoms with Crippen LogP contribution < -0.4 is 5.32 Å². The Balaban J connectivity index is 2.17. The van der Waals surface area contributed by atoms with E-state index in [9.17, 15) is 10.1 Å². The molecule has 0 unspecified atom stereocenters. The Morgan fingerprint density at radius 2 is 2.35 bits per heavy atom. The second-order valence-corrected chi connectivity index (χ2v) is 3.90.